The molecule has 0 aliphatic heterocycles. The van der Waals surface area contributed by atoms with Gasteiger partial charge in [-0.2, -0.15) is 0 Å². The third kappa shape index (κ3) is 2.24. The van der Waals surface area contributed by atoms with Crippen molar-refractivity contribution < 1.29 is 4.74 Å². The lowest BCUT2D eigenvalue weighted by Crippen LogP contribution is -1.85. The SMILES string of the molecule is COc1ccc(-c2ccc(Br)s2)c(C)c1. The largest absolute Gasteiger partial charge is 0.497 e. The molecule has 1 aromatic heterocycles. The maximum absolute atomic E-state index is 5.19. The fourth-order valence-corrected chi connectivity index (χ4v) is 2.98. The second-order valence-corrected chi connectivity index (χ2v) is 5.75. The van der Waals surface area contributed by atoms with E-state index >= 15 is 0 Å². The van der Waals surface area contributed by atoms with Gasteiger partial charge >= 0.3 is 0 Å². The van der Waals surface area contributed by atoms with E-state index in [1.54, 1.807) is 18.4 Å². The van der Waals surface area contributed by atoms with Gasteiger partial charge in [-0.05, 0) is 64.3 Å². The molecule has 0 fully saturated rings. The van der Waals surface area contributed by atoms with Crippen LogP contribution in [0.1, 0.15) is 5.56 Å². The third-order valence-electron chi connectivity index (χ3n) is 2.27. The van der Waals surface area contributed by atoms with E-state index in [0.29, 0.717) is 0 Å². The van der Waals surface area contributed by atoms with Crippen LogP contribution in [-0.4, -0.2) is 7.11 Å². The summed E-state index contributed by atoms with van der Waals surface area (Å²) < 4.78 is 6.35. The number of hydrogen-bond donors (Lipinski definition) is 0. The van der Waals surface area contributed by atoms with Crippen LogP contribution in [0.15, 0.2) is 34.1 Å². The number of halogens is 1. The average molecular weight is 283 g/mol. The Morgan fingerprint density at radius 2 is 2.00 bits per heavy atom. The molecule has 0 saturated carbocycles. The molecule has 0 bridgehead atoms. The van der Waals surface area contributed by atoms with E-state index in [2.05, 4.69) is 47.1 Å². The summed E-state index contributed by atoms with van der Waals surface area (Å²) in [5, 5.41) is 0. The molecule has 3 heteroatoms. The molecule has 0 radical (unpaired) electrons. The van der Waals surface area contributed by atoms with E-state index in [0.717, 1.165) is 9.54 Å². The number of ether oxygens (including phenoxy) is 1. The van der Waals surface area contributed by atoms with E-state index in [1.165, 1.54) is 16.0 Å². The van der Waals surface area contributed by atoms with Gasteiger partial charge in [0.2, 0.25) is 0 Å². The Bertz CT molecular complexity index is 476. The van der Waals surface area contributed by atoms with Crippen LogP contribution in [0.4, 0.5) is 0 Å². The average Bonchev–Trinajstić information content (AvgIpc) is 2.64. The number of hydrogen-bond acceptors (Lipinski definition) is 2. The minimum atomic E-state index is 0.909. The molecular weight excluding hydrogens is 272 g/mol. The first-order valence-corrected chi connectivity index (χ1v) is 6.22. The summed E-state index contributed by atoms with van der Waals surface area (Å²) in [5.74, 6) is 0.909. The van der Waals surface area contributed by atoms with Gasteiger partial charge < -0.3 is 4.74 Å². The van der Waals surface area contributed by atoms with Gasteiger partial charge in [0.15, 0.2) is 0 Å². The highest BCUT2D eigenvalue weighted by Gasteiger charge is 2.05. The Kier molecular flexibility index (Phi) is 3.12. The second-order valence-electron chi connectivity index (χ2n) is 3.28. The van der Waals surface area contributed by atoms with Crippen molar-refractivity contribution >= 4 is 27.3 Å². The molecule has 1 aromatic carbocycles. The van der Waals surface area contributed by atoms with Gasteiger partial charge in [-0.25, -0.2) is 0 Å². The predicted molar refractivity (Wildman–Crippen MR) is 68.7 cm³/mol. The summed E-state index contributed by atoms with van der Waals surface area (Å²) in [6.45, 7) is 2.10. The molecular formula is C12H11BrOS. The molecule has 0 aliphatic rings. The molecule has 0 atom stereocenters. The summed E-state index contributed by atoms with van der Waals surface area (Å²) in [7, 11) is 1.69. The number of aryl methyl sites for hydroxylation is 1. The predicted octanol–water partition coefficient (Wildman–Crippen LogP) is 4.49. The summed E-state index contributed by atoms with van der Waals surface area (Å²) in [5.41, 5.74) is 2.51. The van der Waals surface area contributed by atoms with Crippen LogP contribution in [0.2, 0.25) is 0 Å². The van der Waals surface area contributed by atoms with Gasteiger partial charge in [-0.3, -0.25) is 0 Å². The van der Waals surface area contributed by atoms with Gasteiger partial charge in [0.1, 0.15) is 5.75 Å². The lowest BCUT2D eigenvalue weighted by atomic mass is 10.1. The van der Waals surface area contributed by atoms with Crippen molar-refractivity contribution in [3.63, 3.8) is 0 Å². The van der Waals surface area contributed by atoms with Crippen molar-refractivity contribution in [2.75, 3.05) is 7.11 Å². The molecule has 0 aliphatic carbocycles. The monoisotopic (exact) mass is 282 g/mol. The molecule has 0 spiro atoms. The van der Waals surface area contributed by atoms with Crippen molar-refractivity contribution in [1.29, 1.82) is 0 Å². The van der Waals surface area contributed by atoms with Crippen molar-refractivity contribution in [2.45, 2.75) is 6.92 Å². The van der Waals surface area contributed by atoms with Gasteiger partial charge in [-0.15, -0.1) is 11.3 Å². The van der Waals surface area contributed by atoms with Crippen LogP contribution >= 0.6 is 27.3 Å². The van der Waals surface area contributed by atoms with E-state index in [-0.39, 0.29) is 0 Å². The van der Waals surface area contributed by atoms with Crippen molar-refractivity contribution in [2.24, 2.45) is 0 Å². The quantitative estimate of drug-likeness (QED) is 0.788. The number of benzene rings is 1. The van der Waals surface area contributed by atoms with Gasteiger partial charge in [0.25, 0.3) is 0 Å². The van der Waals surface area contributed by atoms with Crippen LogP contribution in [0, 0.1) is 6.92 Å². The van der Waals surface area contributed by atoms with Crippen LogP contribution in [-0.2, 0) is 0 Å². The Labute approximate surface area is 102 Å². The minimum absolute atomic E-state index is 0.909. The highest BCUT2D eigenvalue weighted by Crippen LogP contribution is 2.34. The minimum Gasteiger partial charge on any atom is -0.497 e. The van der Waals surface area contributed by atoms with Crippen LogP contribution in [0.5, 0.6) is 5.75 Å². The van der Waals surface area contributed by atoms with E-state index in [9.17, 15) is 0 Å². The summed E-state index contributed by atoms with van der Waals surface area (Å²) in [4.78, 5) is 1.28. The lowest BCUT2D eigenvalue weighted by molar-refractivity contribution is 0.414. The highest BCUT2D eigenvalue weighted by molar-refractivity contribution is 9.11. The fourth-order valence-electron chi connectivity index (χ4n) is 1.50. The molecule has 0 amide bonds. The van der Waals surface area contributed by atoms with Crippen LogP contribution in [0.25, 0.3) is 10.4 Å². The van der Waals surface area contributed by atoms with E-state index in [1.807, 2.05) is 6.07 Å². The van der Waals surface area contributed by atoms with Crippen molar-refractivity contribution in [1.82, 2.24) is 0 Å². The number of rotatable bonds is 2. The first kappa shape index (κ1) is 10.7. The highest BCUT2D eigenvalue weighted by atomic mass is 79.9. The molecule has 15 heavy (non-hydrogen) atoms. The molecule has 1 heterocycles. The van der Waals surface area contributed by atoms with E-state index in [4.69, 9.17) is 4.74 Å². The second kappa shape index (κ2) is 4.37. The summed E-state index contributed by atoms with van der Waals surface area (Å²) in [6.07, 6.45) is 0. The molecule has 1 nitrogen and oxygen atoms in total. The van der Waals surface area contributed by atoms with Crippen molar-refractivity contribution in [3.8, 4) is 16.2 Å². The zero-order valence-electron chi connectivity index (χ0n) is 8.58. The van der Waals surface area contributed by atoms with Gasteiger partial charge in [0, 0.05) is 4.88 Å². The zero-order valence-corrected chi connectivity index (χ0v) is 11.0. The fraction of sp³-hybridized carbons (Fsp3) is 0.167. The maximum Gasteiger partial charge on any atom is 0.119 e. The summed E-state index contributed by atoms with van der Waals surface area (Å²) in [6, 6.07) is 10.4. The Hall–Kier alpha value is -0.800. The molecule has 2 aromatic rings. The molecule has 0 N–H and O–H groups in total. The number of thiophene rings is 1. The molecule has 2 rings (SSSR count). The Balaban J connectivity index is 2.45. The van der Waals surface area contributed by atoms with Gasteiger partial charge in [-0.1, -0.05) is 0 Å². The normalized spacial score (nSPS) is 10.3. The van der Waals surface area contributed by atoms with Crippen LogP contribution in [0.3, 0.4) is 0 Å². The standard InChI is InChI=1S/C12H11BrOS/c1-8-7-9(14-2)3-4-10(8)11-5-6-12(13)15-11/h3-7H,1-2H3. The lowest BCUT2D eigenvalue weighted by Gasteiger charge is -2.05. The third-order valence-corrected chi connectivity index (χ3v) is 3.93. The first-order valence-electron chi connectivity index (χ1n) is 4.61. The summed E-state index contributed by atoms with van der Waals surface area (Å²) >= 11 is 5.22. The van der Waals surface area contributed by atoms with Gasteiger partial charge in [0.05, 0.1) is 10.9 Å². The zero-order chi connectivity index (χ0) is 10.8. The molecule has 0 saturated heterocycles. The van der Waals surface area contributed by atoms with E-state index < -0.39 is 0 Å². The Morgan fingerprint density at radius 3 is 2.53 bits per heavy atom. The maximum atomic E-state index is 5.19. The molecule has 78 valence electrons. The van der Waals surface area contributed by atoms with Crippen molar-refractivity contribution in [3.05, 3.63) is 39.7 Å². The first-order chi connectivity index (χ1) is 7.20. The smallest absolute Gasteiger partial charge is 0.119 e. The molecule has 0 unspecified atom stereocenters. The number of methoxy groups -OCH3 is 1. The topological polar surface area (TPSA) is 9.23 Å². The van der Waals surface area contributed by atoms with Crippen LogP contribution < -0.4 is 4.74 Å². The Morgan fingerprint density at radius 1 is 1.20 bits per heavy atom.